The predicted molar refractivity (Wildman–Crippen MR) is 104 cm³/mol. The van der Waals surface area contributed by atoms with Crippen molar-refractivity contribution in [3.8, 4) is 11.6 Å². The van der Waals surface area contributed by atoms with E-state index in [0.717, 1.165) is 27.9 Å². The number of hydrogen-bond donors (Lipinski definition) is 3. The number of aryl methyl sites for hydroxylation is 2. The molecule has 150 valence electrons. The monoisotopic (exact) mass is 397 g/mol. The van der Waals surface area contributed by atoms with Crippen LogP contribution in [0, 0.1) is 19.7 Å². The van der Waals surface area contributed by atoms with Gasteiger partial charge >= 0.3 is 5.97 Å². The number of aromatic hydroxyl groups is 1. The molecule has 0 aliphatic carbocycles. The zero-order valence-electron chi connectivity index (χ0n) is 15.9. The van der Waals surface area contributed by atoms with Crippen LogP contribution in [-0.4, -0.2) is 31.9 Å². The maximum absolute atomic E-state index is 13.4. The normalized spacial score (nSPS) is 11.8. The fourth-order valence-corrected chi connectivity index (χ4v) is 3.14. The van der Waals surface area contributed by atoms with Gasteiger partial charge in [0, 0.05) is 6.07 Å². The first kappa shape index (κ1) is 20.1. The summed E-state index contributed by atoms with van der Waals surface area (Å²) in [5.74, 6) is -2.58. The molecule has 0 saturated heterocycles. The number of halogens is 1. The van der Waals surface area contributed by atoms with E-state index < -0.39 is 23.7 Å². The summed E-state index contributed by atoms with van der Waals surface area (Å²) in [5.41, 5.74) is 2.68. The van der Waals surface area contributed by atoms with Crippen LogP contribution in [0.2, 0.25) is 0 Å². The van der Waals surface area contributed by atoms with Crippen molar-refractivity contribution in [2.75, 3.05) is 0 Å². The first-order chi connectivity index (χ1) is 13.7. The number of hydrogen-bond acceptors (Lipinski definition) is 4. The summed E-state index contributed by atoms with van der Waals surface area (Å²) in [6.45, 7) is 3.76. The third kappa shape index (κ3) is 4.60. The van der Waals surface area contributed by atoms with E-state index in [1.54, 1.807) is 6.07 Å². The number of aromatic nitrogens is 2. The molecule has 0 radical (unpaired) electrons. The SMILES string of the molecule is Cc1ccc(C(CC(=O)O)NC(=O)c2cc(O)n(-c3cccc(F)c3)n2)c(C)c1. The first-order valence-corrected chi connectivity index (χ1v) is 8.89. The summed E-state index contributed by atoms with van der Waals surface area (Å²) >= 11 is 0. The van der Waals surface area contributed by atoms with Crippen LogP contribution in [-0.2, 0) is 4.79 Å². The maximum atomic E-state index is 13.4. The van der Waals surface area contributed by atoms with Crippen LogP contribution in [0.1, 0.15) is 39.6 Å². The standard InChI is InChI=1S/C21H20FN3O4/c1-12-6-7-16(13(2)8-12)17(11-20(27)28)23-21(29)18-10-19(26)25(24-18)15-5-3-4-14(22)9-15/h3-10,17,26H,11H2,1-2H3,(H,23,29)(H,27,28). The van der Waals surface area contributed by atoms with E-state index in [2.05, 4.69) is 10.4 Å². The molecule has 0 bridgehead atoms. The minimum atomic E-state index is -1.07. The van der Waals surface area contributed by atoms with Crippen molar-refractivity contribution >= 4 is 11.9 Å². The summed E-state index contributed by atoms with van der Waals surface area (Å²) in [7, 11) is 0. The Bertz CT molecular complexity index is 1080. The third-order valence-electron chi connectivity index (χ3n) is 4.46. The van der Waals surface area contributed by atoms with Crippen LogP contribution in [0.5, 0.6) is 5.88 Å². The molecule has 1 atom stereocenters. The van der Waals surface area contributed by atoms with Crippen molar-refractivity contribution in [3.05, 3.63) is 76.7 Å². The highest BCUT2D eigenvalue weighted by Gasteiger charge is 2.23. The Kier molecular flexibility index (Phi) is 5.63. The van der Waals surface area contributed by atoms with Crippen LogP contribution in [0.15, 0.2) is 48.5 Å². The number of benzene rings is 2. The molecule has 1 heterocycles. The lowest BCUT2D eigenvalue weighted by molar-refractivity contribution is -0.137. The van der Waals surface area contributed by atoms with Crippen molar-refractivity contribution in [1.29, 1.82) is 0 Å². The van der Waals surface area contributed by atoms with Crippen LogP contribution in [0.3, 0.4) is 0 Å². The molecule has 0 fully saturated rings. The molecule has 3 rings (SSSR count). The number of carbonyl (C=O) groups excluding carboxylic acids is 1. The molecule has 29 heavy (non-hydrogen) atoms. The molecular weight excluding hydrogens is 377 g/mol. The lowest BCUT2D eigenvalue weighted by Gasteiger charge is -2.19. The lowest BCUT2D eigenvalue weighted by atomic mass is 9.97. The number of nitrogens with one attached hydrogen (secondary N) is 1. The van der Waals surface area contributed by atoms with Crippen LogP contribution >= 0.6 is 0 Å². The van der Waals surface area contributed by atoms with E-state index in [-0.39, 0.29) is 23.7 Å². The number of carboxylic acids is 1. The molecule has 8 heteroatoms. The molecule has 7 nitrogen and oxygen atoms in total. The fourth-order valence-electron chi connectivity index (χ4n) is 3.14. The van der Waals surface area contributed by atoms with Crippen molar-refractivity contribution < 1.29 is 24.2 Å². The second-order valence-electron chi connectivity index (χ2n) is 6.76. The van der Waals surface area contributed by atoms with Gasteiger partial charge in [0.1, 0.15) is 5.82 Å². The minimum absolute atomic E-state index is 0.119. The number of nitrogens with zero attached hydrogens (tertiary/aromatic N) is 2. The maximum Gasteiger partial charge on any atom is 0.305 e. The Morgan fingerprint density at radius 3 is 2.59 bits per heavy atom. The molecule has 3 N–H and O–H groups in total. The van der Waals surface area contributed by atoms with Crippen molar-refractivity contribution in [2.24, 2.45) is 0 Å². The van der Waals surface area contributed by atoms with E-state index in [0.29, 0.717) is 5.56 Å². The van der Waals surface area contributed by atoms with Gasteiger partial charge in [-0.1, -0.05) is 29.8 Å². The van der Waals surface area contributed by atoms with E-state index in [9.17, 15) is 24.2 Å². The fraction of sp³-hybridized carbons (Fsp3) is 0.190. The Morgan fingerprint density at radius 2 is 1.93 bits per heavy atom. The molecule has 0 saturated carbocycles. The topological polar surface area (TPSA) is 104 Å². The number of carbonyl (C=O) groups is 2. The smallest absolute Gasteiger partial charge is 0.305 e. The van der Waals surface area contributed by atoms with E-state index >= 15 is 0 Å². The van der Waals surface area contributed by atoms with Gasteiger partial charge in [0.25, 0.3) is 5.91 Å². The zero-order chi connectivity index (χ0) is 21.1. The van der Waals surface area contributed by atoms with Gasteiger partial charge in [0.15, 0.2) is 5.69 Å². The summed E-state index contributed by atoms with van der Waals surface area (Å²) in [4.78, 5) is 24.0. The van der Waals surface area contributed by atoms with E-state index in [4.69, 9.17) is 0 Å². The van der Waals surface area contributed by atoms with Crippen LogP contribution in [0.25, 0.3) is 5.69 Å². The second kappa shape index (κ2) is 8.14. The van der Waals surface area contributed by atoms with E-state index in [1.807, 2.05) is 26.0 Å². The van der Waals surface area contributed by atoms with Crippen molar-refractivity contribution in [2.45, 2.75) is 26.3 Å². The number of aliphatic carboxylic acids is 1. The number of amides is 1. The molecule has 1 unspecified atom stereocenters. The summed E-state index contributed by atoms with van der Waals surface area (Å²) in [6.07, 6.45) is -0.313. The molecule has 1 amide bonds. The first-order valence-electron chi connectivity index (χ1n) is 8.89. The second-order valence-corrected chi connectivity index (χ2v) is 6.76. The molecule has 0 spiro atoms. The van der Waals surface area contributed by atoms with Gasteiger partial charge in [-0.25, -0.2) is 9.07 Å². The van der Waals surface area contributed by atoms with Gasteiger partial charge in [-0.05, 0) is 43.2 Å². The van der Waals surface area contributed by atoms with Gasteiger partial charge < -0.3 is 15.5 Å². The van der Waals surface area contributed by atoms with Gasteiger partial charge in [-0.15, -0.1) is 0 Å². The Hall–Kier alpha value is -3.68. The highest BCUT2D eigenvalue weighted by Crippen LogP contribution is 2.24. The number of carboxylic acid groups (broad SMARTS) is 1. The highest BCUT2D eigenvalue weighted by molar-refractivity contribution is 5.93. The quantitative estimate of drug-likeness (QED) is 0.592. The number of rotatable bonds is 6. The van der Waals surface area contributed by atoms with Gasteiger partial charge in [0.05, 0.1) is 18.2 Å². The molecule has 3 aromatic rings. The van der Waals surface area contributed by atoms with Crippen LogP contribution < -0.4 is 5.32 Å². The molecule has 0 aliphatic heterocycles. The summed E-state index contributed by atoms with van der Waals surface area (Å²) < 4.78 is 14.5. The largest absolute Gasteiger partial charge is 0.493 e. The average molecular weight is 397 g/mol. The summed E-state index contributed by atoms with van der Waals surface area (Å²) in [6, 6.07) is 11.3. The Morgan fingerprint density at radius 1 is 1.17 bits per heavy atom. The molecule has 0 aliphatic rings. The predicted octanol–water partition coefficient (Wildman–Crippen LogP) is 3.28. The van der Waals surface area contributed by atoms with Crippen molar-refractivity contribution in [1.82, 2.24) is 15.1 Å². The average Bonchev–Trinajstić information content (AvgIpc) is 3.03. The third-order valence-corrected chi connectivity index (χ3v) is 4.46. The highest BCUT2D eigenvalue weighted by atomic mass is 19.1. The van der Waals surface area contributed by atoms with Gasteiger partial charge in [-0.2, -0.15) is 5.10 Å². The van der Waals surface area contributed by atoms with E-state index in [1.165, 1.54) is 18.2 Å². The zero-order valence-corrected chi connectivity index (χ0v) is 15.9. The Labute approximate surface area is 166 Å². The van der Waals surface area contributed by atoms with Gasteiger partial charge in [0.2, 0.25) is 5.88 Å². The van der Waals surface area contributed by atoms with Gasteiger partial charge in [-0.3, -0.25) is 9.59 Å². The lowest BCUT2D eigenvalue weighted by Crippen LogP contribution is -2.31. The van der Waals surface area contributed by atoms with Crippen LogP contribution in [0.4, 0.5) is 4.39 Å². The van der Waals surface area contributed by atoms with Crippen molar-refractivity contribution in [3.63, 3.8) is 0 Å². The molecule has 2 aromatic carbocycles. The molecular formula is C21H20FN3O4. The minimum Gasteiger partial charge on any atom is -0.493 e. The Balaban J connectivity index is 1.88. The molecule has 1 aromatic heterocycles. The summed E-state index contributed by atoms with van der Waals surface area (Å²) in [5, 5.41) is 26.0.